The highest BCUT2D eigenvalue weighted by atomic mass is 19.4. The second-order valence-electron chi connectivity index (χ2n) is 11.7. The molecule has 0 radical (unpaired) electrons. The molecule has 3 N–H and O–H groups in total. The Kier molecular flexibility index (Phi) is 8.59. The molecule has 3 aliphatic rings. The fourth-order valence-corrected chi connectivity index (χ4v) is 6.19. The summed E-state index contributed by atoms with van der Waals surface area (Å²) in [4.78, 5) is 31.1. The van der Waals surface area contributed by atoms with Crippen LogP contribution in [0.4, 0.5) is 24.8 Å². The minimum absolute atomic E-state index is 0.0298. The molecule has 1 unspecified atom stereocenters. The van der Waals surface area contributed by atoms with Crippen LogP contribution >= 0.6 is 0 Å². The van der Waals surface area contributed by atoms with Gasteiger partial charge in [0, 0.05) is 49.1 Å². The third-order valence-electron chi connectivity index (χ3n) is 8.64. The van der Waals surface area contributed by atoms with Crippen molar-refractivity contribution in [2.45, 2.75) is 62.8 Å². The number of hydrogen-bond donors (Lipinski definition) is 3. The smallest absolute Gasteiger partial charge is 0.370 e. The number of carbonyl (C=O) groups excluding carboxylic acids is 2. The van der Waals surface area contributed by atoms with Crippen LogP contribution in [0.3, 0.4) is 0 Å². The Morgan fingerprint density at radius 2 is 1.91 bits per heavy atom. The average Bonchev–Trinajstić information content (AvgIpc) is 3.62. The molecule has 2 aromatic heterocycles. The lowest BCUT2D eigenvalue weighted by atomic mass is 9.89. The predicted octanol–water partition coefficient (Wildman–Crippen LogP) is 4.46. The van der Waals surface area contributed by atoms with Crippen molar-refractivity contribution in [2.24, 2.45) is 0 Å². The standard InChI is InChI=1S/C31H36F3N7O3/c32-31(33,34)12-8-26(42)40-18-9-21(10-19-40)25-2-1-17-41-27(25)38-29(39-41)37-23-5-3-22(4-6-23)28(43)36-20-24-7-11-30(44-24)13-15-35-16-14-30/h1-6,9,17,24,35H,7-8,10-16,18-20H2,(H,36,43)(H,37,39). The molecule has 13 heteroatoms. The number of anilines is 2. The van der Waals surface area contributed by atoms with Gasteiger partial charge in [-0.3, -0.25) is 9.59 Å². The van der Waals surface area contributed by atoms with Crippen LogP contribution in [0.1, 0.15) is 60.9 Å². The van der Waals surface area contributed by atoms with Gasteiger partial charge in [-0.05, 0) is 87.2 Å². The number of aromatic nitrogens is 3. The number of nitrogens with zero attached hydrogens (tertiary/aromatic N) is 4. The van der Waals surface area contributed by atoms with E-state index < -0.39 is 24.9 Å². The maximum atomic E-state index is 12.8. The van der Waals surface area contributed by atoms with Gasteiger partial charge in [-0.25, -0.2) is 4.52 Å². The lowest BCUT2D eigenvalue weighted by molar-refractivity contribution is -0.148. The van der Waals surface area contributed by atoms with Crippen LogP contribution < -0.4 is 16.0 Å². The van der Waals surface area contributed by atoms with Crippen molar-refractivity contribution in [3.63, 3.8) is 0 Å². The number of halogens is 3. The average molecular weight is 612 g/mol. The SMILES string of the molecule is O=C(NCC1CCC2(CCNCC2)O1)c1ccc(Nc2nc3c(C4=CCN(C(=O)CCC(F)(F)F)CC4)cccn3n2)cc1. The highest BCUT2D eigenvalue weighted by Gasteiger charge is 2.40. The van der Waals surface area contributed by atoms with Gasteiger partial charge in [0.1, 0.15) is 0 Å². The molecule has 2 fully saturated rings. The Hall–Kier alpha value is -3.97. The number of amides is 2. The lowest BCUT2D eigenvalue weighted by Gasteiger charge is -2.33. The zero-order valence-electron chi connectivity index (χ0n) is 24.3. The van der Waals surface area contributed by atoms with Gasteiger partial charge in [-0.2, -0.15) is 18.2 Å². The Labute approximate surface area is 253 Å². The van der Waals surface area contributed by atoms with Crippen LogP contribution in [0.25, 0.3) is 11.2 Å². The van der Waals surface area contributed by atoms with Crippen molar-refractivity contribution in [3.05, 3.63) is 59.8 Å². The summed E-state index contributed by atoms with van der Waals surface area (Å²) in [5, 5.41) is 14.1. The third-order valence-corrected chi connectivity index (χ3v) is 8.64. The first-order valence-electron chi connectivity index (χ1n) is 15.1. The number of pyridine rings is 1. The summed E-state index contributed by atoms with van der Waals surface area (Å²) in [6.07, 6.45) is 2.22. The number of alkyl halides is 3. The highest BCUT2D eigenvalue weighted by molar-refractivity contribution is 5.94. The Morgan fingerprint density at radius 1 is 1.11 bits per heavy atom. The molecule has 0 aliphatic carbocycles. The number of benzene rings is 1. The monoisotopic (exact) mass is 611 g/mol. The normalized spacial score (nSPS) is 20.1. The van der Waals surface area contributed by atoms with Crippen LogP contribution in [0.5, 0.6) is 0 Å². The van der Waals surface area contributed by atoms with E-state index in [0.717, 1.165) is 55.6 Å². The number of hydrogen-bond acceptors (Lipinski definition) is 7. The van der Waals surface area contributed by atoms with Crippen LogP contribution in [-0.2, 0) is 9.53 Å². The minimum Gasteiger partial charge on any atom is -0.370 e. The molecule has 234 valence electrons. The molecule has 3 aliphatic heterocycles. The topological polar surface area (TPSA) is 113 Å². The highest BCUT2D eigenvalue weighted by Crippen LogP contribution is 2.37. The van der Waals surface area contributed by atoms with Crippen molar-refractivity contribution in [1.29, 1.82) is 0 Å². The number of carbonyl (C=O) groups is 2. The zero-order chi connectivity index (χ0) is 30.7. The molecule has 10 nitrogen and oxygen atoms in total. The third kappa shape index (κ3) is 7.05. The summed E-state index contributed by atoms with van der Waals surface area (Å²) in [6.45, 7) is 3.03. The molecular formula is C31H36F3N7O3. The molecular weight excluding hydrogens is 575 g/mol. The van der Waals surface area contributed by atoms with E-state index in [1.165, 1.54) is 4.90 Å². The summed E-state index contributed by atoms with van der Waals surface area (Å²) in [6, 6.07) is 10.8. The van der Waals surface area contributed by atoms with Gasteiger partial charge in [0.2, 0.25) is 11.9 Å². The number of piperidine rings is 1. The number of nitrogens with one attached hydrogen (secondary N) is 3. The van der Waals surface area contributed by atoms with Gasteiger partial charge in [0.05, 0.1) is 18.1 Å². The van der Waals surface area contributed by atoms with Crippen molar-refractivity contribution >= 4 is 34.7 Å². The van der Waals surface area contributed by atoms with Crippen molar-refractivity contribution in [1.82, 2.24) is 30.1 Å². The molecule has 6 rings (SSSR count). The van der Waals surface area contributed by atoms with Gasteiger partial charge in [0.15, 0.2) is 5.65 Å². The second kappa shape index (κ2) is 12.6. The molecule has 0 saturated carbocycles. The number of ether oxygens (including phenoxy) is 1. The van der Waals surface area contributed by atoms with Gasteiger partial charge < -0.3 is 25.6 Å². The zero-order valence-corrected chi connectivity index (χ0v) is 24.3. The van der Waals surface area contributed by atoms with E-state index in [-0.39, 0.29) is 24.2 Å². The van der Waals surface area contributed by atoms with Crippen LogP contribution in [0, 0.1) is 0 Å². The van der Waals surface area contributed by atoms with E-state index in [1.807, 2.05) is 18.2 Å². The summed E-state index contributed by atoms with van der Waals surface area (Å²) in [5.41, 5.74) is 3.66. The summed E-state index contributed by atoms with van der Waals surface area (Å²) in [5.74, 6) is -0.273. The molecule has 44 heavy (non-hydrogen) atoms. The minimum atomic E-state index is -4.35. The summed E-state index contributed by atoms with van der Waals surface area (Å²) < 4.78 is 45.5. The van der Waals surface area contributed by atoms with Crippen molar-refractivity contribution in [2.75, 3.05) is 38.0 Å². The predicted molar refractivity (Wildman–Crippen MR) is 158 cm³/mol. The second-order valence-corrected chi connectivity index (χ2v) is 11.7. The first-order chi connectivity index (χ1) is 21.2. The molecule has 0 bridgehead atoms. The summed E-state index contributed by atoms with van der Waals surface area (Å²) >= 11 is 0. The van der Waals surface area contributed by atoms with E-state index >= 15 is 0 Å². The summed E-state index contributed by atoms with van der Waals surface area (Å²) in [7, 11) is 0. The van der Waals surface area contributed by atoms with Gasteiger partial charge in [-0.1, -0.05) is 6.08 Å². The van der Waals surface area contributed by atoms with E-state index in [4.69, 9.17) is 4.74 Å². The maximum absolute atomic E-state index is 12.8. The lowest BCUT2D eigenvalue weighted by Crippen LogP contribution is -2.43. The Bertz CT molecular complexity index is 1530. The van der Waals surface area contributed by atoms with E-state index in [1.54, 1.807) is 35.0 Å². The Morgan fingerprint density at radius 3 is 2.64 bits per heavy atom. The molecule has 2 saturated heterocycles. The molecule has 5 heterocycles. The maximum Gasteiger partial charge on any atom is 0.389 e. The Balaban J connectivity index is 1.04. The fourth-order valence-electron chi connectivity index (χ4n) is 6.19. The number of rotatable bonds is 8. The van der Waals surface area contributed by atoms with Crippen LogP contribution in [-0.4, -0.2) is 81.9 Å². The van der Waals surface area contributed by atoms with Gasteiger partial charge >= 0.3 is 6.18 Å². The van der Waals surface area contributed by atoms with Crippen LogP contribution in [0.15, 0.2) is 48.7 Å². The molecule has 3 aromatic rings. The van der Waals surface area contributed by atoms with E-state index in [2.05, 4.69) is 26.0 Å². The van der Waals surface area contributed by atoms with E-state index in [9.17, 15) is 22.8 Å². The molecule has 1 spiro atoms. The van der Waals surface area contributed by atoms with Crippen LogP contribution in [0.2, 0.25) is 0 Å². The van der Waals surface area contributed by atoms with Crippen molar-refractivity contribution in [3.8, 4) is 0 Å². The first kappa shape index (κ1) is 30.1. The molecule has 2 amide bonds. The van der Waals surface area contributed by atoms with E-state index in [0.29, 0.717) is 36.7 Å². The number of fused-ring (bicyclic) bond motifs is 1. The van der Waals surface area contributed by atoms with Gasteiger partial charge in [0.25, 0.3) is 5.91 Å². The molecule has 1 atom stereocenters. The van der Waals surface area contributed by atoms with Crippen molar-refractivity contribution < 1.29 is 27.5 Å². The first-order valence-corrected chi connectivity index (χ1v) is 15.1. The molecule has 1 aromatic carbocycles. The quantitative estimate of drug-likeness (QED) is 0.345. The fraction of sp³-hybridized carbons (Fsp3) is 0.484. The van der Waals surface area contributed by atoms with Gasteiger partial charge in [-0.15, -0.1) is 5.10 Å². The largest absolute Gasteiger partial charge is 0.389 e.